The summed E-state index contributed by atoms with van der Waals surface area (Å²) < 4.78 is 10.7. The highest BCUT2D eigenvalue weighted by atomic mass is 16.5. The highest BCUT2D eigenvalue weighted by Gasteiger charge is 2.01. The van der Waals surface area contributed by atoms with E-state index in [2.05, 4.69) is 10.3 Å². The van der Waals surface area contributed by atoms with Crippen LogP contribution in [0.2, 0.25) is 0 Å². The van der Waals surface area contributed by atoms with Gasteiger partial charge >= 0.3 is 0 Å². The summed E-state index contributed by atoms with van der Waals surface area (Å²) in [6, 6.07) is 3.93. The van der Waals surface area contributed by atoms with Crippen LogP contribution >= 0.6 is 0 Å². The van der Waals surface area contributed by atoms with Gasteiger partial charge in [0.05, 0.1) is 6.61 Å². The third-order valence-corrected chi connectivity index (χ3v) is 2.22. The lowest BCUT2D eigenvalue weighted by Crippen LogP contribution is -2.10. The van der Waals surface area contributed by atoms with E-state index >= 15 is 0 Å². The van der Waals surface area contributed by atoms with Crippen LogP contribution in [-0.4, -0.2) is 31.9 Å². The number of aryl methyl sites for hydroxylation is 1. The molecule has 0 amide bonds. The van der Waals surface area contributed by atoms with Gasteiger partial charge in [0.15, 0.2) is 0 Å². The average Bonchev–Trinajstić information content (AvgIpc) is 2.28. The lowest BCUT2D eigenvalue weighted by molar-refractivity contribution is 0.108. The number of nitrogens with zero attached hydrogens (tertiary/aromatic N) is 1. The van der Waals surface area contributed by atoms with Crippen LogP contribution in [0.5, 0.6) is 5.88 Å². The standard InChI is InChI=1S/C12H20N2O2/c1-4-15-7-8-16-12-6-5-11(9-13-3)10(2)14-12/h5-6,13H,4,7-9H2,1-3H3. The van der Waals surface area contributed by atoms with Crippen LogP contribution in [0.1, 0.15) is 18.2 Å². The molecule has 0 atom stereocenters. The topological polar surface area (TPSA) is 43.4 Å². The summed E-state index contributed by atoms with van der Waals surface area (Å²) in [7, 11) is 1.92. The zero-order chi connectivity index (χ0) is 11.8. The molecule has 16 heavy (non-hydrogen) atoms. The van der Waals surface area contributed by atoms with Gasteiger partial charge in [-0.1, -0.05) is 6.07 Å². The molecule has 1 heterocycles. The maximum Gasteiger partial charge on any atom is 0.213 e. The normalized spacial score (nSPS) is 10.4. The summed E-state index contributed by atoms with van der Waals surface area (Å²) in [5.74, 6) is 0.664. The molecule has 1 N–H and O–H groups in total. The number of pyridine rings is 1. The number of aromatic nitrogens is 1. The van der Waals surface area contributed by atoms with Gasteiger partial charge in [0.25, 0.3) is 0 Å². The lowest BCUT2D eigenvalue weighted by Gasteiger charge is -2.08. The molecular weight excluding hydrogens is 204 g/mol. The SMILES string of the molecule is CCOCCOc1ccc(CNC)c(C)n1. The Morgan fingerprint density at radius 1 is 1.31 bits per heavy atom. The predicted molar refractivity (Wildman–Crippen MR) is 63.7 cm³/mol. The van der Waals surface area contributed by atoms with E-state index in [1.54, 1.807) is 0 Å². The van der Waals surface area contributed by atoms with Crippen molar-refractivity contribution in [3.8, 4) is 5.88 Å². The maximum atomic E-state index is 5.47. The number of nitrogens with one attached hydrogen (secondary N) is 1. The summed E-state index contributed by atoms with van der Waals surface area (Å²) in [6.45, 7) is 6.66. The lowest BCUT2D eigenvalue weighted by atomic mass is 10.2. The molecule has 1 rings (SSSR count). The third-order valence-electron chi connectivity index (χ3n) is 2.22. The van der Waals surface area contributed by atoms with Gasteiger partial charge < -0.3 is 14.8 Å². The van der Waals surface area contributed by atoms with E-state index in [-0.39, 0.29) is 0 Å². The van der Waals surface area contributed by atoms with Gasteiger partial charge in [0, 0.05) is 24.9 Å². The first-order chi connectivity index (χ1) is 7.77. The van der Waals surface area contributed by atoms with Gasteiger partial charge in [0.1, 0.15) is 6.61 Å². The van der Waals surface area contributed by atoms with E-state index in [4.69, 9.17) is 9.47 Å². The van der Waals surface area contributed by atoms with Crippen LogP contribution in [0.15, 0.2) is 12.1 Å². The van der Waals surface area contributed by atoms with Crippen molar-refractivity contribution < 1.29 is 9.47 Å². The van der Waals surface area contributed by atoms with Crippen LogP contribution < -0.4 is 10.1 Å². The summed E-state index contributed by atoms with van der Waals surface area (Å²) in [5, 5.41) is 3.10. The first-order valence-electron chi connectivity index (χ1n) is 5.59. The van der Waals surface area contributed by atoms with E-state index in [0.717, 1.165) is 18.8 Å². The predicted octanol–water partition coefficient (Wildman–Crippen LogP) is 1.52. The molecule has 1 aromatic heterocycles. The smallest absolute Gasteiger partial charge is 0.213 e. The number of rotatable bonds is 7. The zero-order valence-corrected chi connectivity index (χ0v) is 10.2. The van der Waals surface area contributed by atoms with Crippen LogP contribution in [-0.2, 0) is 11.3 Å². The maximum absolute atomic E-state index is 5.47. The van der Waals surface area contributed by atoms with Crippen molar-refractivity contribution in [1.29, 1.82) is 0 Å². The van der Waals surface area contributed by atoms with Crippen molar-refractivity contribution in [3.63, 3.8) is 0 Å². The van der Waals surface area contributed by atoms with Crippen LogP contribution in [0.3, 0.4) is 0 Å². The average molecular weight is 224 g/mol. The van der Waals surface area contributed by atoms with Crippen molar-refractivity contribution >= 4 is 0 Å². The third kappa shape index (κ3) is 4.16. The fourth-order valence-corrected chi connectivity index (χ4v) is 1.37. The zero-order valence-electron chi connectivity index (χ0n) is 10.2. The molecule has 0 fully saturated rings. The fraction of sp³-hybridized carbons (Fsp3) is 0.583. The Labute approximate surface area is 97.0 Å². The number of hydrogen-bond donors (Lipinski definition) is 1. The Bertz CT molecular complexity index is 316. The summed E-state index contributed by atoms with van der Waals surface area (Å²) in [4.78, 5) is 4.37. The molecule has 0 aliphatic rings. The second-order valence-electron chi connectivity index (χ2n) is 3.47. The fourth-order valence-electron chi connectivity index (χ4n) is 1.37. The molecule has 0 bridgehead atoms. The van der Waals surface area contributed by atoms with E-state index in [1.807, 2.05) is 33.0 Å². The largest absolute Gasteiger partial charge is 0.475 e. The Kier molecular flexibility index (Phi) is 5.82. The van der Waals surface area contributed by atoms with Gasteiger partial charge in [-0.2, -0.15) is 0 Å². The van der Waals surface area contributed by atoms with E-state index in [9.17, 15) is 0 Å². The summed E-state index contributed by atoms with van der Waals surface area (Å²) in [5.41, 5.74) is 2.20. The second-order valence-corrected chi connectivity index (χ2v) is 3.47. The first-order valence-corrected chi connectivity index (χ1v) is 5.59. The molecule has 0 aromatic carbocycles. The molecule has 0 radical (unpaired) electrons. The van der Waals surface area contributed by atoms with Crippen molar-refractivity contribution in [2.24, 2.45) is 0 Å². The molecule has 0 spiro atoms. The number of hydrogen-bond acceptors (Lipinski definition) is 4. The van der Waals surface area contributed by atoms with Crippen molar-refractivity contribution in [2.45, 2.75) is 20.4 Å². The molecule has 0 aliphatic carbocycles. The quantitative estimate of drug-likeness (QED) is 0.713. The van der Waals surface area contributed by atoms with Gasteiger partial charge in [-0.15, -0.1) is 0 Å². The highest BCUT2D eigenvalue weighted by Crippen LogP contribution is 2.12. The van der Waals surface area contributed by atoms with Gasteiger partial charge in [-0.25, -0.2) is 4.98 Å². The number of ether oxygens (including phenoxy) is 2. The van der Waals surface area contributed by atoms with Crippen LogP contribution in [0.4, 0.5) is 0 Å². The molecule has 0 saturated heterocycles. The molecule has 4 nitrogen and oxygen atoms in total. The Hall–Kier alpha value is -1.13. The van der Waals surface area contributed by atoms with E-state index < -0.39 is 0 Å². The van der Waals surface area contributed by atoms with Crippen LogP contribution in [0.25, 0.3) is 0 Å². The van der Waals surface area contributed by atoms with Gasteiger partial charge in [-0.05, 0) is 26.5 Å². The molecule has 90 valence electrons. The Morgan fingerprint density at radius 2 is 2.12 bits per heavy atom. The van der Waals surface area contributed by atoms with Crippen LogP contribution in [0, 0.1) is 6.92 Å². The minimum Gasteiger partial charge on any atom is -0.475 e. The van der Waals surface area contributed by atoms with Gasteiger partial charge in [-0.3, -0.25) is 0 Å². The monoisotopic (exact) mass is 224 g/mol. The summed E-state index contributed by atoms with van der Waals surface area (Å²) in [6.07, 6.45) is 0. The molecule has 0 unspecified atom stereocenters. The molecule has 0 aliphatic heterocycles. The van der Waals surface area contributed by atoms with E-state index in [1.165, 1.54) is 5.56 Å². The minimum absolute atomic E-state index is 0.547. The van der Waals surface area contributed by atoms with Gasteiger partial charge in [0.2, 0.25) is 5.88 Å². The van der Waals surface area contributed by atoms with E-state index in [0.29, 0.717) is 19.1 Å². The molecule has 4 heteroatoms. The molecule has 1 aromatic rings. The van der Waals surface area contributed by atoms with Crippen molar-refractivity contribution in [1.82, 2.24) is 10.3 Å². The highest BCUT2D eigenvalue weighted by molar-refractivity contribution is 5.24. The Balaban J connectivity index is 2.46. The summed E-state index contributed by atoms with van der Waals surface area (Å²) >= 11 is 0. The minimum atomic E-state index is 0.547. The van der Waals surface area contributed by atoms with Crippen molar-refractivity contribution in [3.05, 3.63) is 23.4 Å². The second kappa shape index (κ2) is 7.19. The molecular formula is C12H20N2O2. The Morgan fingerprint density at radius 3 is 2.75 bits per heavy atom. The molecule has 0 saturated carbocycles. The van der Waals surface area contributed by atoms with Crippen molar-refractivity contribution in [2.75, 3.05) is 26.9 Å². The first kappa shape index (κ1) is 12.9.